The molecule has 0 radical (unpaired) electrons. The van der Waals surface area contributed by atoms with Gasteiger partial charge in [-0.2, -0.15) is 0 Å². The van der Waals surface area contributed by atoms with Crippen molar-refractivity contribution in [2.75, 3.05) is 24.5 Å². The summed E-state index contributed by atoms with van der Waals surface area (Å²) >= 11 is 6.35. The Morgan fingerprint density at radius 1 is 1.47 bits per heavy atom. The Labute approximate surface area is 107 Å². The molecule has 3 nitrogen and oxygen atoms in total. The lowest BCUT2D eigenvalue weighted by atomic mass is 9.93. The highest BCUT2D eigenvalue weighted by Gasteiger charge is 2.33. The van der Waals surface area contributed by atoms with Crippen molar-refractivity contribution in [1.82, 2.24) is 10.3 Å². The molecule has 1 N–H and O–H groups in total. The summed E-state index contributed by atoms with van der Waals surface area (Å²) in [4.78, 5) is 6.65. The van der Waals surface area contributed by atoms with E-state index in [1.165, 1.54) is 19.4 Å². The van der Waals surface area contributed by atoms with Crippen LogP contribution in [-0.4, -0.2) is 30.7 Å². The van der Waals surface area contributed by atoms with Crippen LogP contribution in [0.3, 0.4) is 0 Å². The summed E-state index contributed by atoms with van der Waals surface area (Å²) < 4.78 is 0. The highest BCUT2D eigenvalue weighted by molar-refractivity contribution is 6.33. The molecule has 2 aliphatic rings. The molecule has 3 rings (SSSR count). The number of pyridine rings is 1. The standard InChI is InChI=1S/C13H18ClN3/c1-9-13(14)12(3-6-15-9)17-7-4-11-10(8-17)2-5-16-11/h3,6,10-11,16H,2,4-5,7-8H2,1H3. The van der Waals surface area contributed by atoms with E-state index < -0.39 is 0 Å². The molecule has 17 heavy (non-hydrogen) atoms. The van der Waals surface area contributed by atoms with E-state index in [2.05, 4.69) is 15.2 Å². The summed E-state index contributed by atoms with van der Waals surface area (Å²) in [6, 6.07) is 2.77. The number of hydrogen-bond donors (Lipinski definition) is 1. The highest BCUT2D eigenvalue weighted by atomic mass is 35.5. The normalized spacial score (nSPS) is 28.2. The molecule has 2 saturated heterocycles. The SMILES string of the molecule is Cc1nccc(N2CCC3NCCC3C2)c1Cl. The van der Waals surface area contributed by atoms with Gasteiger partial charge >= 0.3 is 0 Å². The number of piperidine rings is 1. The second kappa shape index (κ2) is 4.46. The third kappa shape index (κ3) is 2.02. The molecule has 1 aromatic heterocycles. The molecule has 2 unspecified atom stereocenters. The van der Waals surface area contributed by atoms with Gasteiger partial charge in [0.2, 0.25) is 0 Å². The van der Waals surface area contributed by atoms with Gasteiger partial charge < -0.3 is 10.2 Å². The predicted octanol–water partition coefficient (Wildman–Crippen LogP) is 2.23. The van der Waals surface area contributed by atoms with Crippen molar-refractivity contribution in [2.24, 2.45) is 5.92 Å². The highest BCUT2D eigenvalue weighted by Crippen LogP contribution is 2.33. The molecule has 0 spiro atoms. The lowest BCUT2D eigenvalue weighted by Crippen LogP contribution is -2.44. The molecule has 1 aromatic rings. The number of anilines is 1. The number of rotatable bonds is 1. The maximum atomic E-state index is 6.35. The molecular weight excluding hydrogens is 234 g/mol. The topological polar surface area (TPSA) is 28.2 Å². The maximum absolute atomic E-state index is 6.35. The van der Waals surface area contributed by atoms with Crippen LogP contribution in [0.1, 0.15) is 18.5 Å². The van der Waals surface area contributed by atoms with Crippen LogP contribution < -0.4 is 10.2 Å². The van der Waals surface area contributed by atoms with Gasteiger partial charge in [-0.25, -0.2) is 0 Å². The van der Waals surface area contributed by atoms with Crippen LogP contribution in [0.4, 0.5) is 5.69 Å². The Bertz CT molecular complexity index is 421. The molecule has 2 aliphatic heterocycles. The first-order chi connectivity index (χ1) is 8.25. The smallest absolute Gasteiger partial charge is 0.0851 e. The van der Waals surface area contributed by atoms with Crippen molar-refractivity contribution in [3.8, 4) is 0 Å². The summed E-state index contributed by atoms with van der Waals surface area (Å²) in [5.41, 5.74) is 2.08. The second-order valence-corrected chi connectivity index (χ2v) is 5.45. The zero-order valence-corrected chi connectivity index (χ0v) is 10.9. The molecular formula is C13H18ClN3. The third-order valence-corrected chi connectivity index (χ3v) is 4.51. The summed E-state index contributed by atoms with van der Waals surface area (Å²) in [5.74, 6) is 0.785. The zero-order chi connectivity index (χ0) is 11.8. The van der Waals surface area contributed by atoms with Crippen molar-refractivity contribution < 1.29 is 0 Å². The number of halogens is 1. The summed E-state index contributed by atoms with van der Waals surface area (Å²) in [6.45, 7) is 5.36. The van der Waals surface area contributed by atoms with E-state index in [9.17, 15) is 0 Å². The number of aryl methyl sites for hydroxylation is 1. The van der Waals surface area contributed by atoms with Gasteiger partial charge in [-0.3, -0.25) is 4.98 Å². The Balaban J connectivity index is 1.82. The molecule has 0 saturated carbocycles. The molecule has 2 fully saturated rings. The van der Waals surface area contributed by atoms with Gasteiger partial charge in [0.05, 0.1) is 16.4 Å². The number of hydrogen-bond acceptors (Lipinski definition) is 3. The third-order valence-electron chi connectivity index (χ3n) is 4.04. The van der Waals surface area contributed by atoms with E-state index in [1.807, 2.05) is 19.2 Å². The zero-order valence-electron chi connectivity index (χ0n) is 10.1. The first-order valence-corrected chi connectivity index (χ1v) is 6.73. The summed E-state index contributed by atoms with van der Waals surface area (Å²) in [7, 11) is 0. The Morgan fingerprint density at radius 2 is 2.35 bits per heavy atom. The fourth-order valence-corrected chi connectivity index (χ4v) is 3.28. The van der Waals surface area contributed by atoms with Crippen LogP contribution in [0.2, 0.25) is 5.02 Å². The minimum atomic E-state index is 0.730. The van der Waals surface area contributed by atoms with Gasteiger partial charge in [-0.15, -0.1) is 0 Å². The number of fused-ring (bicyclic) bond motifs is 1. The van der Waals surface area contributed by atoms with E-state index >= 15 is 0 Å². The Kier molecular flexibility index (Phi) is 2.97. The van der Waals surface area contributed by atoms with E-state index in [-0.39, 0.29) is 0 Å². The maximum Gasteiger partial charge on any atom is 0.0851 e. The van der Waals surface area contributed by atoms with E-state index in [1.54, 1.807) is 0 Å². The van der Waals surface area contributed by atoms with Gasteiger partial charge in [0.25, 0.3) is 0 Å². The molecule has 0 aliphatic carbocycles. The monoisotopic (exact) mass is 251 g/mol. The molecule has 4 heteroatoms. The van der Waals surface area contributed by atoms with E-state index in [0.717, 1.165) is 41.5 Å². The van der Waals surface area contributed by atoms with Crippen LogP contribution >= 0.6 is 11.6 Å². The lowest BCUT2D eigenvalue weighted by molar-refractivity contribution is 0.376. The molecule has 92 valence electrons. The quantitative estimate of drug-likeness (QED) is 0.830. The summed E-state index contributed by atoms with van der Waals surface area (Å²) in [5, 5.41) is 4.40. The van der Waals surface area contributed by atoms with Gasteiger partial charge in [0.15, 0.2) is 0 Å². The first-order valence-electron chi connectivity index (χ1n) is 6.35. The number of nitrogens with one attached hydrogen (secondary N) is 1. The van der Waals surface area contributed by atoms with Crippen molar-refractivity contribution >= 4 is 17.3 Å². The first kappa shape index (κ1) is 11.3. The van der Waals surface area contributed by atoms with Gasteiger partial charge in [-0.05, 0) is 38.3 Å². The lowest BCUT2D eigenvalue weighted by Gasteiger charge is -2.36. The predicted molar refractivity (Wildman–Crippen MR) is 70.7 cm³/mol. The minimum Gasteiger partial charge on any atom is -0.370 e. The molecule has 0 bridgehead atoms. The Morgan fingerprint density at radius 3 is 3.24 bits per heavy atom. The second-order valence-electron chi connectivity index (χ2n) is 5.07. The van der Waals surface area contributed by atoms with Crippen molar-refractivity contribution in [2.45, 2.75) is 25.8 Å². The van der Waals surface area contributed by atoms with Crippen molar-refractivity contribution in [1.29, 1.82) is 0 Å². The van der Waals surface area contributed by atoms with Gasteiger partial charge in [0, 0.05) is 25.3 Å². The molecule has 0 aromatic carbocycles. The number of nitrogens with zero attached hydrogens (tertiary/aromatic N) is 2. The van der Waals surface area contributed by atoms with Gasteiger partial charge in [-0.1, -0.05) is 11.6 Å². The van der Waals surface area contributed by atoms with Crippen molar-refractivity contribution in [3.05, 3.63) is 23.0 Å². The fourth-order valence-electron chi connectivity index (χ4n) is 3.05. The fraction of sp³-hybridized carbons (Fsp3) is 0.615. The van der Waals surface area contributed by atoms with Crippen LogP contribution in [0, 0.1) is 12.8 Å². The van der Waals surface area contributed by atoms with Crippen molar-refractivity contribution in [3.63, 3.8) is 0 Å². The number of aromatic nitrogens is 1. The largest absolute Gasteiger partial charge is 0.370 e. The molecule has 3 heterocycles. The minimum absolute atomic E-state index is 0.730. The molecule has 2 atom stereocenters. The van der Waals surface area contributed by atoms with Gasteiger partial charge in [0.1, 0.15) is 0 Å². The van der Waals surface area contributed by atoms with Crippen LogP contribution in [0.25, 0.3) is 0 Å². The summed E-state index contributed by atoms with van der Waals surface area (Å²) in [6.07, 6.45) is 4.38. The average molecular weight is 252 g/mol. The van der Waals surface area contributed by atoms with E-state index in [4.69, 9.17) is 11.6 Å². The van der Waals surface area contributed by atoms with Crippen LogP contribution in [-0.2, 0) is 0 Å². The van der Waals surface area contributed by atoms with Crippen LogP contribution in [0.15, 0.2) is 12.3 Å². The Hall–Kier alpha value is -0.800. The van der Waals surface area contributed by atoms with Crippen LogP contribution in [0.5, 0.6) is 0 Å². The molecule has 0 amide bonds. The average Bonchev–Trinajstić information content (AvgIpc) is 2.79. The van der Waals surface area contributed by atoms with E-state index in [0.29, 0.717) is 0 Å².